The van der Waals surface area contributed by atoms with Gasteiger partial charge in [-0.05, 0) is 12.1 Å². The molecular formula is C10H6F2O3. The van der Waals surface area contributed by atoms with E-state index in [0.29, 0.717) is 0 Å². The first-order valence-electron chi connectivity index (χ1n) is 4.15. The van der Waals surface area contributed by atoms with Crippen LogP contribution in [-0.4, -0.2) is 17.7 Å². The molecule has 0 fully saturated rings. The number of hydrogen-bond acceptors (Lipinski definition) is 3. The maximum absolute atomic E-state index is 13.3. The lowest BCUT2D eigenvalue weighted by Gasteiger charge is -2.03. The molecule has 1 aliphatic heterocycles. The normalized spacial score (nSPS) is 15.7. The van der Waals surface area contributed by atoms with Crippen molar-refractivity contribution in [3.05, 3.63) is 41.2 Å². The number of aliphatic hydroxyl groups excluding tert-OH is 1. The van der Waals surface area contributed by atoms with Gasteiger partial charge in [0, 0.05) is 0 Å². The second-order valence-electron chi connectivity index (χ2n) is 2.99. The molecular weight excluding hydrogens is 206 g/mol. The van der Waals surface area contributed by atoms with Gasteiger partial charge in [-0.1, -0.05) is 6.07 Å². The highest BCUT2D eigenvalue weighted by atomic mass is 19.1. The minimum absolute atomic E-state index is 0.345. The molecule has 3 nitrogen and oxygen atoms in total. The first kappa shape index (κ1) is 9.64. The molecule has 1 aromatic rings. The van der Waals surface area contributed by atoms with Gasteiger partial charge in [0.15, 0.2) is 0 Å². The summed E-state index contributed by atoms with van der Waals surface area (Å²) in [4.78, 5) is 11.1. The standard InChI is InChI=1S/C10H6F2O3/c11-5-2-1-3-6(12)8(5)9-7(13)4-15-10(9)14/h1-3,13H,4H2. The quantitative estimate of drug-likeness (QED) is 0.722. The molecule has 0 aromatic heterocycles. The molecule has 1 heterocycles. The number of cyclic esters (lactones) is 1. The Bertz CT molecular complexity index is 445. The summed E-state index contributed by atoms with van der Waals surface area (Å²) in [6.45, 7) is -0.345. The molecule has 0 radical (unpaired) electrons. The molecule has 0 atom stereocenters. The van der Waals surface area contributed by atoms with Crippen molar-refractivity contribution in [2.45, 2.75) is 0 Å². The number of benzene rings is 1. The number of aliphatic hydroxyl groups is 1. The Morgan fingerprint density at radius 3 is 2.33 bits per heavy atom. The summed E-state index contributed by atoms with van der Waals surface area (Å²) in [6, 6.07) is 3.18. The first-order chi connectivity index (χ1) is 7.11. The third-order valence-electron chi connectivity index (χ3n) is 2.05. The first-order valence-corrected chi connectivity index (χ1v) is 4.15. The fraction of sp³-hybridized carbons (Fsp3) is 0.100. The Morgan fingerprint density at radius 2 is 1.87 bits per heavy atom. The average molecular weight is 212 g/mol. The van der Waals surface area contributed by atoms with E-state index in [1.54, 1.807) is 0 Å². The largest absolute Gasteiger partial charge is 0.508 e. The SMILES string of the molecule is O=C1OCC(O)=C1c1c(F)cccc1F. The van der Waals surface area contributed by atoms with Crippen molar-refractivity contribution in [1.29, 1.82) is 0 Å². The monoisotopic (exact) mass is 212 g/mol. The summed E-state index contributed by atoms with van der Waals surface area (Å²) < 4.78 is 31.0. The van der Waals surface area contributed by atoms with Crippen LogP contribution >= 0.6 is 0 Å². The third-order valence-corrected chi connectivity index (χ3v) is 2.05. The number of carbonyl (C=O) groups excluding carboxylic acids is 1. The molecule has 0 amide bonds. The number of esters is 1. The lowest BCUT2D eigenvalue weighted by atomic mass is 10.0. The summed E-state index contributed by atoms with van der Waals surface area (Å²) in [7, 11) is 0. The minimum atomic E-state index is -0.920. The van der Waals surface area contributed by atoms with E-state index in [1.807, 2.05) is 0 Å². The van der Waals surface area contributed by atoms with Crippen LogP contribution in [0.1, 0.15) is 5.56 Å². The predicted molar refractivity (Wildman–Crippen MR) is 46.9 cm³/mol. The van der Waals surface area contributed by atoms with Gasteiger partial charge in [-0.15, -0.1) is 0 Å². The molecule has 0 saturated heterocycles. The van der Waals surface area contributed by atoms with Gasteiger partial charge in [0.1, 0.15) is 29.6 Å². The van der Waals surface area contributed by atoms with E-state index in [1.165, 1.54) is 6.07 Å². The molecule has 1 aliphatic rings. The van der Waals surface area contributed by atoms with Gasteiger partial charge in [-0.2, -0.15) is 0 Å². The maximum Gasteiger partial charge on any atom is 0.342 e. The van der Waals surface area contributed by atoms with Gasteiger partial charge in [0.2, 0.25) is 0 Å². The highest BCUT2D eigenvalue weighted by molar-refractivity contribution is 6.18. The summed E-state index contributed by atoms with van der Waals surface area (Å²) >= 11 is 0. The summed E-state index contributed by atoms with van der Waals surface area (Å²) in [5, 5.41) is 9.26. The van der Waals surface area contributed by atoms with Gasteiger partial charge in [-0.25, -0.2) is 13.6 Å². The van der Waals surface area contributed by atoms with Gasteiger partial charge in [0.05, 0.1) is 5.56 Å². The molecule has 0 spiro atoms. The van der Waals surface area contributed by atoms with Crippen molar-refractivity contribution >= 4 is 11.5 Å². The molecule has 1 N–H and O–H groups in total. The van der Waals surface area contributed by atoms with E-state index in [9.17, 15) is 18.7 Å². The summed E-state index contributed by atoms with van der Waals surface area (Å²) in [5.41, 5.74) is -0.983. The van der Waals surface area contributed by atoms with Crippen LogP contribution in [0.4, 0.5) is 8.78 Å². The van der Waals surface area contributed by atoms with Crippen LogP contribution in [0.5, 0.6) is 0 Å². The van der Waals surface area contributed by atoms with Crippen molar-refractivity contribution in [3.63, 3.8) is 0 Å². The highest BCUT2D eigenvalue weighted by Gasteiger charge is 2.30. The number of halogens is 2. The Hall–Kier alpha value is -1.91. The summed E-state index contributed by atoms with van der Waals surface area (Å²) in [5.74, 6) is -3.19. The van der Waals surface area contributed by atoms with E-state index < -0.39 is 34.5 Å². The van der Waals surface area contributed by atoms with Gasteiger partial charge < -0.3 is 9.84 Å². The zero-order valence-corrected chi connectivity index (χ0v) is 7.46. The van der Waals surface area contributed by atoms with E-state index in [2.05, 4.69) is 4.74 Å². The number of carbonyl (C=O) groups is 1. The molecule has 15 heavy (non-hydrogen) atoms. The van der Waals surface area contributed by atoms with Crippen LogP contribution in [0, 0.1) is 11.6 Å². The van der Waals surface area contributed by atoms with Crippen LogP contribution in [-0.2, 0) is 9.53 Å². The van der Waals surface area contributed by atoms with Crippen molar-refractivity contribution in [2.24, 2.45) is 0 Å². The number of ether oxygens (including phenoxy) is 1. The van der Waals surface area contributed by atoms with Crippen LogP contribution in [0.15, 0.2) is 24.0 Å². The van der Waals surface area contributed by atoms with Gasteiger partial charge >= 0.3 is 5.97 Å². The Morgan fingerprint density at radius 1 is 1.27 bits per heavy atom. The Labute approximate surface area is 83.6 Å². The summed E-state index contributed by atoms with van der Waals surface area (Å²) in [6.07, 6.45) is 0. The lowest BCUT2D eigenvalue weighted by molar-refractivity contribution is -0.134. The smallest absolute Gasteiger partial charge is 0.342 e. The Kier molecular flexibility index (Phi) is 2.15. The van der Waals surface area contributed by atoms with E-state index >= 15 is 0 Å². The van der Waals surface area contributed by atoms with Crippen LogP contribution in [0.25, 0.3) is 5.57 Å². The zero-order valence-electron chi connectivity index (χ0n) is 7.46. The van der Waals surface area contributed by atoms with Crippen molar-refractivity contribution in [1.82, 2.24) is 0 Å². The van der Waals surface area contributed by atoms with Crippen molar-refractivity contribution < 1.29 is 23.4 Å². The van der Waals surface area contributed by atoms with Crippen molar-refractivity contribution in [2.75, 3.05) is 6.61 Å². The molecule has 2 rings (SSSR count). The van der Waals surface area contributed by atoms with Gasteiger partial charge in [0.25, 0.3) is 0 Å². The van der Waals surface area contributed by atoms with Crippen LogP contribution in [0.3, 0.4) is 0 Å². The van der Waals surface area contributed by atoms with E-state index in [0.717, 1.165) is 12.1 Å². The topological polar surface area (TPSA) is 46.5 Å². The van der Waals surface area contributed by atoms with E-state index in [4.69, 9.17) is 0 Å². The molecule has 0 unspecified atom stereocenters. The second kappa shape index (κ2) is 3.34. The highest BCUT2D eigenvalue weighted by Crippen LogP contribution is 2.28. The second-order valence-corrected chi connectivity index (χ2v) is 2.99. The maximum atomic E-state index is 13.3. The average Bonchev–Trinajstić information content (AvgIpc) is 2.49. The number of hydrogen-bond donors (Lipinski definition) is 1. The lowest BCUT2D eigenvalue weighted by Crippen LogP contribution is -2.03. The number of rotatable bonds is 1. The molecule has 0 saturated carbocycles. The third kappa shape index (κ3) is 1.45. The zero-order chi connectivity index (χ0) is 11.0. The minimum Gasteiger partial charge on any atom is -0.508 e. The molecule has 78 valence electrons. The fourth-order valence-electron chi connectivity index (χ4n) is 1.38. The van der Waals surface area contributed by atoms with Crippen LogP contribution < -0.4 is 0 Å². The molecule has 0 bridgehead atoms. The van der Waals surface area contributed by atoms with Gasteiger partial charge in [-0.3, -0.25) is 0 Å². The Balaban J connectivity index is 2.64. The molecule has 5 heteroatoms. The molecule has 0 aliphatic carbocycles. The van der Waals surface area contributed by atoms with Crippen LogP contribution in [0.2, 0.25) is 0 Å². The van der Waals surface area contributed by atoms with E-state index in [-0.39, 0.29) is 6.61 Å². The predicted octanol–water partition coefficient (Wildman–Crippen LogP) is 1.79. The molecule has 1 aromatic carbocycles. The fourth-order valence-corrected chi connectivity index (χ4v) is 1.38. The van der Waals surface area contributed by atoms with Crippen molar-refractivity contribution in [3.8, 4) is 0 Å².